The van der Waals surface area contributed by atoms with E-state index in [4.69, 9.17) is 9.47 Å². The molecule has 3 aliphatic rings. The molecule has 1 saturated heterocycles. The second-order valence-electron chi connectivity index (χ2n) is 7.82. The highest BCUT2D eigenvalue weighted by Crippen LogP contribution is 2.45. The molecule has 0 amide bonds. The minimum Gasteiger partial charge on any atom is -0.352 e. The molecule has 4 atom stereocenters. The van der Waals surface area contributed by atoms with Crippen molar-refractivity contribution < 1.29 is 13.9 Å². The Morgan fingerprint density at radius 1 is 0.818 bits per heavy atom. The number of hydrogen-bond donors (Lipinski definition) is 0. The first kappa shape index (κ1) is 17.5. The van der Waals surface area contributed by atoms with E-state index >= 15 is 0 Å². The molecule has 1 heterocycles. The largest absolute Gasteiger partial charge is 0.352 e. The van der Waals surface area contributed by atoms with E-state index < -0.39 is 6.17 Å². The molecule has 3 fully saturated rings. The Morgan fingerprint density at radius 3 is 1.86 bits per heavy atom. The molecule has 0 spiro atoms. The molecular weight excluding hydrogens is 317 g/mol. The fraction of sp³-hybridized carbons (Fsp3) is 1.00. The van der Waals surface area contributed by atoms with E-state index in [1.54, 1.807) is 0 Å². The standard InChI is InChI=1S/C17H31FO2P2/c1-10-8-19-17(20-9-10)12-4-2-11(3-5-12)13-6-14(21)16(18)15(22)7-13/h10-17H,2-9,21-22H2,1H3. The van der Waals surface area contributed by atoms with Crippen molar-refractivity contribution >= 4 is 18.5 Å². The van der Waals surface area contributed by atoms with Crippen LogP contribution in [0.15, 0.2) is 0 Å². The Kier molecular flexibility index (Phi) is 6.16. The van der Waals surface area contributed by atoms with Crippen LogP contribution >= 0.6 is 18.5 Å². The van der Waals surface area contributed by atoms with Crippen molar-refractivity contribution in [3.8, 4) is 0 Å². The summed E-state index contributed by atoms with van der Waals surface area (Å²) in [4.78, 5) is 0. The predicted molar refractivity (Wildman–Crippen MR) is 94.9 cm³/mol. The fourth-order valence-electron chi connectivity index (χ4n) is 4.53. The molecule has 5 heteroatoms. The molecule has 4 unspecified atom stereocenters. The molecule has 2 nitrogen and oxygen atoms in total. The molecule has 22 heavy (non-hydrogen) atoms. The Bertz CT molecular complexity index is 343. The van der Waals surface area contributed by atoms with Crippen LogP contribution in [0.5, 0.6) is 0 Å². The Labute approximate surface area is 139 Å². The van der Waals surface area contributed by atoms with Gasteiger partial charge in [-0.15, -0.1) is 18.5 Å². The van der Waals surface area contributed by atoms with Gasteiger partial charge in [0, 0.05) is 23.2 Å². The van der Waals surface area contributed by atoms with Crippen molar-refractivity contribution in [3.05, 3.63) is 0 Å². The third kappa shape index (κ3) is 4.02. The lowest BCUT2D eigenvalue weighted by atomic mass is 9.70. The van der Waals surface area contributed by atoms with Crippen LogP contribution in [-0.4, -0.2) is 37.0 Å². The van der Waals surface area contributed by atoms with E-state index in [-0.39, 0.29) is 17.6 Å². The van der Waals surface area contributed by atoms with Crippen LogP contribution in [0.1, 0.15) is 45.4 Å². The van der Waals surface area contributed by atoms with Crippen molar-refractivity contribution in [1.29, 1.82) is 0 Å². The van der Waals surface area contributed by atoms with Crippen LogP contribution in [-0.2, 0) is 9.47 Å². The summed E-state index contributed by atoms with van der Waals surface area (Å²) in [7, 11) is 5.48. The van der Waals surface area contributed by atoms with Gasteiger partial charge in [-0.05, 0) is 50.4 Å². The van der Waals surface area contributed by atoms with Crippen LogP contribution in [0.3, 0.4) is 0 Å². The van der Waals surface area contributed by atoms with Gasteiger partial charge in [0.25, 0.3) is 0 Å². The van der Waals surface area contributed by atoms with E-state index in [0.717, 1.165) is 32.0 Å². The average molecular weight is 348 g/mol. The van der Waals surface area contributed by atoms with Crippen LogP contribution in [0.25, 0.3) is 0 Å². The molecule has 0 aromatic carbocycles. The highest BCUT2D eigenvalue weighted by Gasteiger charge is 2.39. The second-order valence-corrected chi connectivity index (χ2v) is 9.53. The van der Waals surface area contributed by atoms with Gasteiger partial charge in [0.05, 0.1) is 13.2 Å². The number of halogens is 1. The summed E-state index contributed by atoms with van der Waals surface area (Å²) < 4.78 is 25.7. The Hall–Kier alpha value is 0.710. The average Bonchev–Trinajstić information content (AvgIpc) is 2.53. The molecule has 0 radical (unpaired) electrons. The lowest BCUT2D eigenvalue weighted by Crippen LogP contribution is -2.41. The Morgan fingerprint density at radius 2 is 1.32 bits per heavy atom. The first-order chi connectivity index (χ1) is 10.5. The summed E-state index contributed by atoms with van der Waals surface area (Å²) in [6.45, 7) is 3.86. The fourth-order valence-corrected chi connectivity index (χ4v) is 6.06. The smallest absolute Gasteiger partial charge is 0.160 e. The molecule has 128 valence electrons. The van der Waals surface area contributed by atoms with E-state index in [1.165, 1.54) is 25.7 Å². The van der Waals surface area contributed by atoms with Gasteiger partial charge in [0.15, 0.2) is 6.29 Å². The zero-order valence-electron chi connectivity index (χ0n) is 13.6. The topological polar surface area (TPSA) is 18.5 Å². The predicted octanol–water partition coefficient (Wildman–Crippen LogP) is 4.04. The van der Waals surface area contributed by atoms with Crippen molar-refractivity contribution in [2.24, 2.45) is 23.7 Å². The summed E-state index contributed by atoms with van der Waals surface area (Å²) in [5, 5.41) is 0. The second kappa shape index (κ2) is 7.73. The molecule has 0 N–H and O–H groups in total. The number of rotatable bonds is 2. The van der Waals surface area contributed by atoms with Crippen molar-refractivity contribution in [3.63, 3.8) is 0 Å². The first-order valence-electron chi connectivity index (χ1n) is 8.93. The normalized spacial score (nSPS) is 50.7. The molecule has 2 aliphatic carbocycles. The van der Waals surface area contributed by atoms with Crippen LogP contribution in [0.2, 0.25) is 0 Å². The summed E-state index contributed by atoms with van der Waals surface area (Å²) in [6.07, 6.45) is 6.40. The van der Waals surface area contributed by atoms with Crippen molar-refractivity contribution in [2.45, 2.75) is 69.2 Å². The molecule has 1 aliphatic heterocycles. The maximum atomic E-state index is 14.0. The van der Waals surface area contributed by atoms with Gasteiger partial charge in [-0.25, -0.2) is 4.39 Å². The van der Waals surface area contributed by atoms with Gasteiger partial charge in [0.1, 0.15) is 6.17 Å². The highest BCUT2D eigenvalue weighted by molar-refractivity contribution is 7.19. The summed E-state index contributed by atoms with van der Waals surface area (Å²) in [6, 6.07) is 0. The van der Waals surface area contributed by atoms with Crippen molar-refractivity contribution in [2.75, 3.05) is 13.2 Å². The molecule has 2 saturated carbocycles. The van der Waals surface area contributed by atoms with Gasteiger partial charge < -0.3 is 9.47 Å². The van der Waals surface area contributed by atoms with E-state index in [9.17, 15) is 4.39 Å². The summed E-state index contributed by atoms with van der Waals surface area (Å²) >= 11 is 0. The quantitative estimate of drug-likeness (QED) is 0.702. The third-order valence-corrected chi connectivity index (χ3v) is 7.21. The van der Waals surface area contributed by atoms with Gasteiger partial charge in [-0.1, -0.05) is 6.92 Å². The van der Waals surface area contributed by atoms with Gasteiger partial charge in [-0.3, -0.25) is 0 Å². The SMILES string of the molecule is CC1COC(C2CCC(C3CC(P)C(F)C(P)C3)CC2)OC1. The maximum Gasteiger partial charge on any atom is 0.160 e. The third-order valence-electron chi connectivity index (χ3n) is 5.93. The summed E-state index contributed by atoms with van der Waals surface area (Å²) in [5.74, 6) is 2.57. The Balaban J connectivity index is 1.47. The minimum atomic E-state index is -0.659. The van der Waals surface area contributed by atoms with E-state index in [2.05, 4.69) is 25.4 Å². The summed E-state index contributed by atoms with van der Waals surface area (Å²) in [5.41, 5.74) is 0.288. The van der Waals surface area contributed by atoms with Crippen LogP contribution in [0, 0.1) is 23.7 Å². The molecule has 0 aromatic heterocycles. The molecular formula is C17H31FO2P2. The molecule has 3 rings (SSSR count). The maximum absolute atomic E-state index is 14.0. The highest BCUT2D eigenvalue weighted by atomic mass is 31.0. The lowest BCUT2D eigenvalue weighted by Gasteiger charge is -2.42. The van der Waals surface area contributed by atoms with Gasteiger partial charge in [-0.2, -0.15) is 0 Å². The van der Waals surface area contributed by atoms with Crippen LogP contribution in [0.4, 0.5) is 4.39 Å². The monoisotopic (exact) mass is 348 g/mol. The van der Waals surface area contributed by atoms with Crippen LogP contribution < -0.4 is 0 Å². The molecule has 0 bridgehead atoms. The number of hydrogen-bond acceptors (Lipinski definition) is 2. The number of alkyl halides is 1. The van der Waals surface area contributed by atoms with E-state index in [1.807, 2.05) is 0 Å². The lowest BCUT2D eigenvalue weighted by molar-refractivity contribution is -0.227. The zero-order valence-corrected chi connectivity index (χ0v) is 15.9. The molecule has 0 aromatic rings. The first-order valence-corrected chi connectivity index (χ1v) is 10.3. The minimum absolute atomic E-state index is 0.0303. The van der Waals surface area contributed by atoms with Gasteiger partial charge >= 0.3 is 0 Å². The zero-order chi connectivity index (χ0) is 15.7. The van der Waals surface area contributed by atoms with E-state index in [0.29, 0.717) is 17.8 Å². The van der Waals surface area contributed by atoms with Crippen molar-refractivity contribution in [1.82, 2.24) is 0 Å². The number of ether oxygens (including phenoxy) is 2. The van der Waals surface area contributed by atoms with Gasteiger partial charge in [0.2, 0.25) is 0 Å².